The minimum atomic E-state index is -0.300. The van der Waals surface area contributed by atoms with Gasteiger partial charge < -0.3 is 15.5 Å². The standard InChI is InChI=1S/C22H26N6O3S/c1-14(2)24-20(30)15-8-10-27(11-9-15)22-26-19-18(32-22)21(31)28(13-23-19)12-17(29)25-16-6-4-3-5-7-16/h3-7,13-15H,8-12H2,1-2H3,(H,24,30)(H,25,29). The van der Waals surface area contributed by atoms with Crippen LogP contribution >= 0.6 is 11.3 Å². The molecule has 10 heteroatoms. The van der Waals surface area contributed by atoms with Crippen molar-refractivity contribution in [3.63, 3.8) is 0 Å². The molecule has 0 spiro atoms. The van der Waals surface area contributed by atoms with E-state index in [-0.39, 0.29) is 35.9 Å². The zero-order valence-electron chi connectivity index (χ0n) is 18.1. The first kappa shape index (κ1) is 21.9. The lowest BCUT2D eigenvalue weighted by Crippen LogP contribution is -2.42. The van der Waals surface area contributed by atoms with E-state index in [1.807, 2.05) is 32.0 Å². The van der Waals surface area contributed by atoms with Crippen LogP contribution in [0.4, 0.5) is 10.8 Å². The summed E-state index contributed by atoms with van der Waals surface area (Å²) in [6.07, 6.45) is 2.85. The van der Waals surface area contributed by atoms with Crippen LogP contribution in [-0.2, 0) is 16.1 Å². The van der Waals surface area contributed by atoms with Crippen LogP contribution in [0.15, 0.2) is 41.5 Å². The number of carbonyl (C=O) groups excluding carboxylic acids is 2. The topological polar surface area (TPSA) is 109 Å². The Balaban J connectivity index is 1.44. The second-order valence-electron chi connectivity index (χ2n) is 8.17. The molecule has 4 rings (SSSR count). The number of carbonyl (C=O) groups is 2. The van der Waals surface area contributed by atoms with E-state index in [0.29, 0.717) is 29.1 Å². The normalized spacial score (nSPS) is 14.7. The van der Waals surface area contributed by atoms with Gasteiger partial charge in [-0.1, -0.05) is 29.5 Å². The van der Waals surface area contributed by atoms with Crippen molar-refractivity contribution in [3.8, 4) is 0 Å². The molecule has 32 heavy (non-hydrogen) atoms. The number of fused-ring (bicyclic) bond motifs is 1. The molecule has 0 aliphatic carbocycles. The van der Waals surface area contributed by atoms with Crippen molar-refractivity contribution in [1.29, 1.82) is 0 Å². The van der Waals surface area contributed by atoms with Crippen LogP contribution in [0.2, 0.25) is 0 Å². The highest BCUT2D eigenvalue weighted by atomic mass is 32.1. The smallest absolute Gasteiger partial charge is 0.273 e. The second kappa shape index (κ2) is 9.47. The summed E-state index contributed by atoms with van der Waals surface area (Å²) in [5.74, 6) is -0.199. The highest BCUT2D eigenvalue weighted by Gasteiger charge is 2.27. The minimum absolute atomic E-state index is 0.00140. The van der Waals surface area contributed by atoms with Crippen LogP contribution in [0, 0.1) is 5.92 Å². The molecule has 1 fully saturated rings. The number of hydrogen-bond acceptors (Lipinski definition) is 7. The summed E-state index contributed by atoms with van der Waals surface area (Å²) >= 11 is 1.28. The van der Waals surface area contributed by atoms with E-state index < -0.39 is 0 Å². The number of hydrogen-bond donors (Lipinski definition) is 2. The van der Waals surface area contributed by atoms with E-state index in [4.69, 9.17) is 0 Å². The van der Waals surface area contributed by atoms with Crippen LogP contribution in [0.25, 0.3) is 10.3 Å². The Hall–Kier alpha value is -3.27. The molecule has 168 valence electrons. The van der Waals surface area contributed by atoms with Crippen molar-refractivity contribution in [3.05, 3.63) is 47.0 Å². The second-order valence-corrected chi connectivity index (χ2v) is 9.14. The van der Waals surface area contributed by atoms with Crippen LogP contribution in [-0.4, -0.2) is 45.5 Å². The fourth-order valence-corrected chi connectivity index (χ4v) is 4.72. The Labute approximate surface area is 189 Å². The van der Waals surface area contributed by atoms with Crippen molar-refractivity contribution in [1.82, 2.24) is 19.9 Å². The number of nitrogens with one attached hydrogen (secondary N) is 2. The van der Waals surface area contributed by atoms with Crippen LogP contribution in [0.1, 0.15) is 26.7 Å². The number of amides is 2. The largest absolute Gasteiger partial charge is 0.354 e. The molecule has 0 radical (unpaired) electrons. The van der Waals surface area contributed by atoms with Crippen molar-refractivity contribution in [2.75, 3.05) is 23.3 Å². The van der Waals surface area contributed by atoms with Gasteiger partial charge in [0.1, 0.15) is 17.6 Å². The van der Waals surface area contributed by atoms with Gasteiger partial charge in [0.25, 0.3) is 5.56 Å². The van der Waals surface area contributed by atoms with E-state index in [9.17, 15) is 14.4 Å². The first-order valence-electron chi connectivity index (χ1n) is 10.7. The maximum Gasteiger partial charge on any atom is 0.273 e. The molecule has 1 aromatic carbocycles. The lowest BCUT2D eigenvalue weighted by atomic mass is 9.96. The Kier molecular flexibility index (Phi) is 6.50. The van der Waals surface area contributed by atoms with E-state index in [0.717, 1.165) is 18.0 Å². The molecular weight excluding hydrogens is 428 g/mol. The number of aromatic nitrogens is 3. The summed E-state index contributed by atoms with van der Waals surface area (Å²) in [7, 11) is 0. The maximum absolute atomic E-state index is 12.9. The van der Waals surface area contributed by atoms with Crippen LogP contribution in [0.5, 0.6) is 0 Å². The Morgan fingerprint density at radius 3 is 2.59 bits per heavy atom. The van der Waals surface area contributed by atoms with E-state index in [2.05, 4.69) is 25.5 Å². The Morgan fingerprint density at radius 2 is 1.91 bits per heavy atom. The van der Waals surface area contributed by atoms with Crippen molar-refractivity contribution in [2.45, 2.75) is 39.3 Å². The molecule has 3 aromatic rings. The van der Waals surface area contributed by atoms with Gasteiger partial charge in [-0.05, 0) is 38.8 Å². The molecule has 2 amide bonds. The van der Waals surface area contributed by atoms with Gasteiger partial charge in [-0.25, -0.2) is 4.98 Å². The highest BCUT2D eigenvalue weighted by Crippen LogP contribution is 2.29. The molecular formula is C22H26N6O3S. The maximum atomic E-state index is 12.9. The van der Waals surface area contributed by atoms with Crippen LogP contribution < -0.4 is 21.1 Å². The van der Waals surface area contributed by atoms with Gasteiger partial charge in [-0.15, -0.1) is 0 Å². The Morgan fingerprint density at radius 1 is 1.19 bits per heavy atom. The molecule has 9 nitrogen and oxygen atoms in total. The van der Waals surface area contributed by atoms with Gasteiger partial charge in [0.15, 0.2) is 10.8 Å². The van der Waals surface area contributed by atoms with Gasteiger partial charge in [-0.3, -0.25) is 19.0 Å². The number of para-hydroxylation sites is 1. The summed E-state index contributed by atoms with van der Waals surface area (Å²) in [6.45, 7) is 5.19. The number of piperidine rings is 1. The number of anilines is 2. The molecule has 1 aliphatic rings. The number of rotatable bonds is 6. The average molecular weight is 455 g/mol. The fraction of sp³-hybridized carbons (Fsp3) is 0.409. The Bertz CT molecular complexity index is 1170. The quantitative estimate of drug-likeness (QED) is 0.591. The van der Waals surface area contributed by atoms with E-state index >= 15 is 0 Å². The van der Waals surface area contributed by atoms with Gasteiger partial charge in [-0.2, -0.15) is 4.98 Å². The zero-order chi connectivity index (χ0) is 22.7. The molecule has 2 N–H and O–H groups in total. The highest BCUT2D eigenvalue weighted by molar-refractivity contribution is 7.22. The number of nitrogens with zero attached hydrogens (tertiary/aromatic N) is 4. The van der Waals surface area contributed by atoms with E-state index in [1.165, 1.54) is 22.2 Å². The van der Waals surface area contributed by atoms with Crippen molar-refractivity contribution in [2.24, 2.45) is 5.92 Å². The monoisotopic (exact) mass is 454 g/mol. The van der Waals surface area contributed by atoms with Gasteiger partial charge in [0.2, 0.25) is 11.8 Å². The first-order chi connectivity index (χ1) is 15.4. The predicted molar refractivity (Wildman–Crippen MR) is 125 cm³/mol. The zero-order valence-corrected chi connectivity index (χ0v) is 18.9. The van der Waals surface area contributed by atoms with Gasteiger partial charge >= 0.3 is 0 Å². The lowest BCUT2D eigenvalue weighted by Gasteiger charge is -2.31. The molecule has 0 bridgehead atoms. The molecule has 1 saturated heterocycles. The summed E-state index contributed by atoms with van der Waals surface area (Å²) < 4.78 is 1.72. The molecule has 0 atom stereocenters. The molecule has 3 heterocycles. The fourth-order valence-electron chi connectivity index (χ4n) is 3.70. The molecule has 1 aliphatic heterocycles. The van der Waals surface area contributed by atoms with Crippen molar-refractivity contribution >= 4 is 44.3 Å². The molecule has 0 unspecified atom stereocenters. The van der Waals surface area contributed by atoms with Crippen LogP contribution in [0.3, 0.4) is 0 Å². The van der Waals surface area contributed by atoms with Gasteiger partial charge in [0, 0.05) is 30.7 Å². The van der Waals surface area contributed by atoms with E-state index in [1.54, 1.807) is 12.1 Å². The van der Waals surface area contributed by atoms with Gasteiger partial charge in [0.05, 0.1) is 0 Å². The summed E-state index contributed by atoms with van der Waals surface area (Å²) in [5.41, 5.74) is 0.771. The lowest BCUT2D eigenvalue weighted by molar-refractivity contribution is -0.126. The number of benzene rings is 1. The predicted octanol–water partition coefficient (Wildman–Crippen LogP) is 2.23. The summed E-state index contributed by atoms with van der Waals surface area (Å²) in [5, 5.41) is 6.46. The minimum Gasteiger partial charge on any atom is -0.354 e. The molecule has 0 saturated carbocycles. The summed E-state index contributed by atoms with van der Waals surface area (Å²) in [4.78, 5) is 48.4. The third kappa shape index (κ3) is 4.96. The van der Waals surface area contributed by atoms with Crippen molar-refractivity contribution < 1.29 is 9.59 Å². The number of thiazole rings is 1. The SMILES string of the molecule is CC(C)NC(=O)C1CCN(c2nc3ncn(CC(=O)Nc4ccccc4)c(=O)c3s2)CC1. The third-order valence-electron chi connectivity index (χ3n) is 5.31. The summed E-state index contributed by atoms with van der Waals surface area (Å²) in [6, 6.07) is 9.22. The first-order valence-corrected chi connectivity index (χ1v) is 11.5. The molecule has 2 aromatic heterocycles. The third-order valence-corrected chi connectivity index (χ3v) is 6.40. The average Bonchev–Trinajstić information content (AvgIpc) is 3.21.